The lowest BCUT2D eigenvalue weighted by Gasteiger charge is -1.92. The highest BCUT2D eigenvalue weighted by molar-refractivity contribution is 7.79. The molecule has 6 heteroatoms. The van der Waals surface area contributed by atoms with Crippen molar-refractivity contribution < 1.29 is 13.2 Å². The van der Waals surface area contributed by atoms with Gasteiger partial charge in [-0.15, -0.1) is 0 Å². The number of nitrogens with zero attached hydrogens (tertiary/aromatic N) is 2. The zero-order chi connectivity index (χ0) is 9.68. The molecule has 0 fully saturated rings. The molecular weight excluding hydrogens is 195 g/mol. The first-order valence-electron chi connectivity index (χ1n) is 3.39. The zero-order valence-corrected chi connectivity index (χ0v) is 7.37. The number of hydrogen-bond donors (Lipinski definition) is 1. The Hall–Kier alpha value is -1.14. The van der Waals surface area contributed by atoms with Gasteiger partial charge < -0.3 is 4.55 Å². The third-order valence-corrected chi connectivity index (χ3v) is 1.54. The number of azo groups is 1. The van der Waals surface area contributed by atoms with Gasteiger partial charge in [-0.1, -0.05) is 12.1 Å². The van der Waals surface area contributed by atoms with Gasteiger partial charge in [0, 0.05) is 0 Å². The lowest BCUT2D eigenvalue weighted by molar-refractivity contribution is 0.563. The smallest absolute Gasteiger partial charge is 0.177 e. The molecule has 1 aromatic rings. The Bertz CT molecular complexity index is 343. The number of rotatable bonds is 3. The molecule has 70 valence electrons. The first-order valence-corrected chi connectivity index (χ1v) is 4.67. The van der Waals surface area contributed by atoms with Crippen LogP contribution in [0.3, 0.4) is 0 Å². The lowest BCUT2D eigenvalue weighted by atomic mass is 10.3. The maximum Gasteiger partial charge on any atom is 0.177 e. The second kappa shape index (κ2) is 4.78. The fraction of sp³-hybridized carbons (Fsp3) is 0.143. The van der Waals surface area contributed by atoms with Crippen LogP contribution >= 0.6 is 0 Å². The quantitative estimate of drug-likeness (QED) is 0.602. The van der Waals surface area contributed by atoms with Crippen LogP contribution in [0.1, 0.15) is 0 Å². The van der Waals surface area contributed by atoms with Crippen molar-refractivity contribution in [1.29, 1.82) is 0 Å². The van der Waals surface area contributed by atoms with Crippen LogP contribution < -0.4 is 0 Å². The molecular formula is C7H7FN2O2S. The van der Waals surface area contributed by atoms with Crippen LogP contribution in [0.15, 0.2) is 34.5 Å². The molecule has 1 rings (SSSR count). The molecule has 1 atom stereocenters. The topological polar surface area (TPSA) is 62.0 Å². The van der Waals surface area contributed by atoms with Crippen LogP contribution in [0.4, 0.5) is 10.1 Å². The second-order valence-corrected chi connectivity index (χ2v) is 3.04. The van der Waals surface area contributed by atoms with Crippen molar-refractivity contribution >= 4 is 16.8 Å². The van der Waals surface area contributed by atoms with E-state index >= 15 is 0 Å². The van der Waals surface area contributed by atoms with Crippen molar-refractivity contribution in [1.82, 2.24) is 0 Å². The summed E-state index contributed by atoms with van der Waals surface area (Å²) in [6.07, 6.45) is 0. The third kappa shape index (κ3) is 3.39. The van der Waals surface area contributed by atoms with Crippen LogP contribution in [0.2, 0.25) is 0 Å². The first kappa shape index (κ1) is 9.94. The molecule has 0 radical (unpaired) electrons. The molecule has 0 aliphatic carbocycles. The molecule has 0 saturated carbocycles. The van der Waals surface area contributed by atoms with E-state index in [4.69, 9.17) is 4.55 Å². The van der Waals surface area contributed by atoms with Gasteiger partial charge in [-0.2, -0.15) is 10.2 Å². The fourth-order valence-corrected chi connectivity index (χ4v) is 0.844. The van der Waals surface area contributed by atoms with E-state index in [1.807, 2.05) is 0 Å². The fourth-order valence-electron chi connectivity index (χ4n) is 0.687. The van der Waals surface area contributed by atoms with Gasteiger partial charge in [0.15, 0.2) is 22.8 Å². The summed E-state index contributed by atoms with van der Waals surface area (Å²) in [7, 11) is 0. The molecule has 0 aromatic heterocycles. The molecule has 0 spiro atoms. The van der Waals surface area contributed by atoms with Gasteiger partial charge in [0.25, 0.3) is 0 Å². The van der Waals surface area contributed by atoms with Crippen molar-refractivity contribution in [3.63, 3.8) is 0 Å². The summed E-state index contributed by atoms with van der Waals surface area (Å²) in [4.78, 5) is 0. The van der Waals surface area contributed by atoms with Gasteiger partial charge in [0.2, 0.25) is 0 Å². The summed E-state index contributed by atoms with van der Waals surface area (Å²) in [6, 6.07) is 5.80. The molecule has 0 aliphatic rings. The largest absolute Gasteiger partial charge is 0.305 e. The highest BCUT2D eigenvalue weighted by Crippen LogP contribution is 2.16. The van der Waals surface area contributed by atoms with E-state index in [0.29, 0.717) is 0 Å². The molecule has 4 nitrogen and oxygen atoms in total. The number of halogens is 1. The average Bonchev–Trinajstić information content (AvgIpc) is 2.08. The van der Waals surface area contributed by atoms with Crippen molar-refractivity contribution in [3.8, 4) is 0 Å². The first-order chi connectivity index (χ1) is 6.20. The van der Waals surface area contributed by atoms with Crippen LogP contribution in [-0.2, 0) is 11.1 Å². The van der Waals surface area contributed by atoms with Gasteiger partial charge in [-0.25, -0.2) is 8.60 Å². The number of benzene rings is 1. The Morgan fingerprint density at radius 3 is 2.77 bits per heavy atom. The summed E-state index contributed by atoms with van der Waals surface area (Å²) < 4.78 is 31.3. The summed E-state index contributed by atoms with van der Waals surface area (Å²) >= 11 is -2.03. The Balaban J connectivity index is 2.68. The standard InChI is InChI=1S/C7H7FN2O2S/c8-6-3-1-2-4-7(6)10-9-5-13(11)12/h1-4H,5H2,(H,11,12). The lowest BCUT2D eigenvalue weighted by Crippen LogP contribution is -1.88. The van der Waals surface area contributed by atoms with Crippen molar-refractivity contribution in [3.05, 3.63) is 30.1 Å². The van der Waals surface area contributed by atoms with Gasteiger partial charge >= 0.3 is 0 Å². The van der Waals surface area contributed by atoms with Crippen molar-refractivity contribution in [2.24, 2.45) is 10.2 Å². The Labute approximate surface area is 76.8 Å². The van der Waals surface area contributed by atoms with E-state index in [-0.39, 0.29) is 11.6 Å². The minimum Gasteiger partial charge on any atom is -0.305 e. The normalized spacial score (nSPS) is 13.4. The van der Waals surface area contributed by atoms with Crippen LogP contribution in [0.25, 0.3) is 0 Å². The van der Waals surface area contributed by atoms with Gasteiger partial charge in [-0.05, 0) is 12.1 Å². The molecule has 0 heterocycles. The molecule has 0 bridgehead atoms. The van der Waals surface area contributed by atoms with Gasteiger partial charge in [0.05, 0.1) is 0 Å². The minimum absolute atomic E-state index is 0.0629. The maximum atomic E-state index is 12.8. The van der Waals surface area contributed by atoms with E-state index < -0.39 is 16.9 Å². The molecule has 1 aromatic carbocycles. The molecule has 13 heavy (non-hydrogen) atoms. The highest BCUT2D eigenvalue weighted by Gasteiger charge is 1.97. The minimum atomic E-state index is -2.03. The second-order valence-electron chi connectivity index (χ2n) is 2.14. The van der Waals surface area contributed by atoms with Crippen molar-refractivity contribution in [2.75, 3.05) is 5.88 Å². The molecule has 1 unspecified atom stereocenters. The molecule has 0 aliphatic heterocycles. The van der Waals surface area contributed by atoms with Crippen LogP contribution in [0, 0.1) is 5.82 Å². The van der Waals surface area contributed by atoms with Gasteiger partial charge in [-0.3, -0.25) is 0 Å². The monoisotopic (exact) mass is 202 g/mol. The van der Waals surface area contributed by atoms with E-state index in [0.717, 1.165) is 0 Å². The Morgan fingerprint density at radius 2 is 2.15 bits per heavy atom. The van der Waals surface area contributed by atoms with E-state index in [2.05, 4.69) is 10.2 Å². The zero-order valence-electron chi connectivity index (χ0n) is 6.55. The predicted octanol–water partition coefficient (Wildman–Crippen LogP) is 2.09. The average molecular weight is 202 g/mol. The SMILES string of the molecule is O=S(O)CN=Nc1ccccc1F. The summed E-state index contributed by atoms with van der Waals surface area (Å²) in [5.74, 6) is -0.844. The maximum absolute atomic E-state index is 12.8. The van der Waals surface area contributed by atoms with E-state index in [1.54, 1.807) is 6.07 Å². The van der Waals surface area contributed by atoms with Crippen LogP contribution in [0.5, 0.6) is 0 Å². The van der Waals surface area contributed by atoms with E-state index in [9.17, 15) is 8.60 Å². The Kier molecular flexibility index (Phi) is 3.66. The molecule has 0 amide bonds. The Morgan fingerprint density at radius 1 is 1.46 bits per heavy atom. The van der Waals surface area contributed by atoms with Gasteiger partial charge in [0.1, 0.15) is 5.69 Å². The van der Waals surface area contributed by atoms with Crippen molar-refractivity contribution in [2.45, 2.75) is 0 Å². The molecule has 0 saturated heterocycles. The third-order valence-electron chi connectivity index (χ3n) is 1.20. The van der Waals surface area contributed by atoms with E-state index in [1.165, 1.54) is 18.2 Å². The predicted molar refractivity (Wildman–Crippen MR) is 46.6 cm³/mol. The molecule has 1 N–H and O–H groups in total. The number of hydrogen-bond acceptors (Lipinski definition) is 3. The summed E-state index contributed by atoms with van der Waals surface area (Å²) in [5.41, 5.74) is 0.0629. The highest BCUT2D eigenvalue weighted by atomic mass is 32.2. The van der Waals surface area contributed by atoms with Crippen LogP contribution in [-0.4, -0.2) is 14.6 Å². The summed E-state index contributed by atoms with van der Waals surface area (Å²) in [5, 5.41) is 6.78. The summed E-state index contributed by atoms with van der Waals surface area (Å²) in [6.45, 7) is 0.